The number of hydrogen-bond acceptors (Lipinski definition) is 2. The molecular weight excluding hydrogens is 212 g/mol. The lowest BCUT2D eigenvalue weighted by atomic mass is 9.86. The summed E-state index contributed by atoms with van der Waals surface area (Å²) in [5.41, 5.74) is 1.89. The molecule has 0 saturated heterocycles. The van der Waals surface area contributed by atoms with Crippen LogP contribution in [0, 0.1) is 5.92 Å². The molecule has 1 atom stereocenters. The second-order valence-corrected chi connectivity index (χ2v) is 4.60. The van der Waals surface area contributed by atoms with E-state index in [2.05, 4.69) is 26.8 Å². The molecule has 0 aliphatic heterocycles. The van der Waals surface area contributed by atoms with Gasteiger partial charge in [-0.15, -0.1) is 0 Å². The fraction of sp³-hybridized carbons (Fsp3) is 0.533. The molecule has 0 aliphatic carbocycles. The number of ether oxygens (including phenoxy) is 1. The Labute approximate surface area is 104 Å². The van der Waals surface area contributed by atoms with Crippen molar-refractivity contribution in [2.75, 3.05) is 6.61 Å². The zero-order valence-corrected chi connectivity index (χ0v) is 11.2. The summed E-state index contributed by atoms with van der Waals surface area (Å²) in [6.45, 7) is 8.85. The summed E-state index contributed by atoms with van der Waals surface area (Å²) in [5, 5.41) is 0. The zero-order valence-electron chi connectivity index (χ0n) is 11.2. The summed E-state index contributed by atoms with van der Waals surface area (Å²) >= 11 is 0. The van der Waals surface area contributed by atoms with E-state index in [9.17, 15) is 4.79 Å². The number of carbonyl (C=O) groups excluding carboxylic acids is 1. The van der Waals surface area contributed by atoms with Crippen molar-refractivity contribution in [2.24, 2.45) is 5.92 Å². The molecule has 0 saturated carbocycles. The van der Waals surface area contributed by atoms with Crippen molar-refractivity contribution in [1.82, 2.24) is 0 Å². The Morgan fingerprint density at radius 3 is 2.53 bits per heavy atom. The van der Waals surface area contributed by atoms with Crippen LogP contribution in [0.1, 0.15) is 56.0 Å². The highest BCUT2D eigenvalue weighted by atomic mass is 16.5. The summed E-state index contributed by atoms with van der Waals surface area (Å²) < 4.78 is 5.02. The highest BCUT2D eigenvalue weighted by Gasteiger charge is 2.15. The van der Waals surface area contributed by atoms with Crippen molar-refractivity contribution in [2.45, 2.75) is 40.0 Å². The fourth-order valence-electron chi connectivity index (χ4n) is 2.20. The Morgan fingerprint density at radius 2 is 2.00 bits per heavy atom. The molecule has 0 fully saturated rings. The SMILES string of the molecule is CCOC(=O)c1cccc(C(CC)C(C)C)c1. The van der Waals surface area contributed by atoms with Gasteiger partial charge in [-0.25, -0.2) is 4.79 Å². The lowest BCUT2D eigenvalue weighted by Crippen LogP contribution is -2.09. The van der Waals surface area contributed by atoms with Gasteiger partial charge in [0.25, 0.3) is 0 Å². The van der Waals surface area contributed by atoms with Crippen LogP contribution < -0.4 is 0 Å². The van der Waals surface area contributed by atoms with Crippen LogP contribution in [0.2, 0.25) is 0 Å². The first-order valence-corrected chi connectivity index (χ1v) is 6.37. The van der Waals surface area contributed by atoms with E-state index in [4.69, 9.17) is 4.74 Å². The Balaban J connectivity index is 2.95. The van der Waals surface area contributed by atoms with Gasteiger partial charge in [0.2, 0.25) is 0 Å². The molecule has 2 heteroatoms. The maximum Gasteiger partial charge on any atom is 0.338 e. The van der Waals surface area contributed by atoms with Crippen molar-refractivity contribution >= 4 is 5.97 Å². The molecule has 0 radical (unpaired) electrons. The molecule has 0 bridgehead atoms. The number of rotatable bonds is 5. The van der Waals surface area contributed by atoms with Gasteiger partial charge in [-0.1, -0.05) is 32.9 Å². The number of carbonyl (C=O) groups is 1. The minimum absolute atomic E-state index is 0.229. The Hall–Kier alpha value is -1.31. The van der Waals surface area contributed by atoms with E-state index in [1.54, 1.807) is 0 Å². The summed E-state index contributed by atoms with van der Waals surface area (Å²) in [7, 11) is 0. The molecule has 94 valence electrons. The third-order valence-corrected chi connectivity index (χ3v) is 3.07. The average Bonchev–Trinajstić information content (AvgIpc) is 2.30. The van der Waals surface area contributed by atoms with Gasteiger partial charge in [0.1, 0.15) is 0 Å². The molecule has 1 unspecified atom stereocenters. The normalized spacial score (nSPS) is 12.5. The van der Waals surface area contributed by atoms with Gasteiger partial charge in [-0.05, 0) is 42.9 Å². The highest BCUT2D eigenvalue weighted by Crippen LogP contribution is 2.28. The van der Waals surface area contributed by atoms with E-state index < -0.39 is 0 Å². The van der Waals surface area contributed by atoms with Gasteiger partial charge < -0.3 is 4.74 Å². The van der Waals surface area contributed by atoms with Crippen LogP contribution in [0.3, 0.4) is 0 Å². The van der Waals surface area contributed by atoms with E-state index in [0.717, 1.165) is 6.42 Å². The van der Waals surface area contributed by atoms with Gasteiger partial charge >= 0.3 is 5.97 Å². The molecule has 0 spiro atoms. The molecule has 1 aromatic carbocycles. The van der Waals surface area contributed by atoms with Gasteiger partial charge in [0.15, 0.2) is 0 Å². The molecular formula is C15H22O2. The van der Waals surface area contributed by atoms with Crippen LogP contribution in [-0.2, 0) is 4.74 Å². The number of benzene rings is 1. The molecule has 0 N–H and O–H groups in total. The number of hydrogen-bond donors (Lipinski definition) is 0. The molecule has 17 heavy (non-hydrogen) atoms. The van der Waals surface area contributed by atoms with Gasteiger partial charge in [0.05, 0.1) is 12.2 Å². The maximum absolute atomic E-state index is 11.7. The molecule has 1 aromatic rings. The fourth-order valence-corrected chi connectivity index (χ4v) is 2.20. The standard InChI is InChI=1S/C15H22O2/c1-5-14(11(3)4)12-8-7-9-13(10-12)15(16)17-6-2/h7-11,14H,5-6H2,1-4H3. The molecule has 0 aliphatic rings. The summed E-state index contributed by atoms with van der Waals surface area (Å²) in [5.74, 6) is 0.856. The molecule has 0 aromatic heterocycles. The first-order valence-electron chi connectivity index (χ1n) is 6.37. The first kappa shape index (κ1) is 13.8. The minimum Gasteiger partial charge on any atom is -0.462 e. The Kier molecular flexibility index (Phi) is 5.20. The summed E-state index contributed by atoms with van der Waals surface area (Å²) in [6, 6.07) is 7.81. The van der Waals surface area contributed by atoms with Crippen LogP contribution in [0.15, 0.2) is 24.3 Å². The Bertz CT molecular complexity index is 369. The van der Waals surface area contributed by atoms with Crippen molar-refractivity contribution in [3.05, 3.63) is 35.4 Å². The van der Waals surface area contributed by atoms with Crippen LogP contribution >= 0.6 is 0 Å². The van der Waals surface area contributed by atoms with E-state index >= 15 is 0 Å². The van der Waals surface area contributed by atoms with Crippen LogP contribution in [0.5, 0.6) is 0 Å². The number of esters is 1. The zero-order chi connectivity index (χ0) is 12.8. The molecule has 0 heterocycles. The lowest BCUT2D eigenvalue weighted by Gasteiger charge is -2.19. The first-order chi connectivity index (χ1) is 8.10. The van der Waals surface area contributed by atoms with Crippen LogP contribution in [-0.4, -0.2) is 12.6 Å². The van der Waals surface area contributed by atoms with E-state index in [1.807, 2.05) is 25.1 Å². The van der Waals surface area contributed by atoms with Crippen molar-refractivity contribution in [1.29, 1.82) is 0 Å². The van der Waals surface area contributed by atoms with E-state index in [0.29, 0.717) is 24.0 Å². The van der Waals surface area contributed by atoms with Gasteiger partial charge in [-0.2, -0.15) is 0 Å². The molecule has 1 rings (SSSR count). The predicted molar refractivity (Wildman–Crippen MR) is 70.3 cm³/mol. The average molecular weight is 234 g/mol. The minimum atomic E-state index is -0.229. The molecule has 0 amide bonds. The van der Waals surface area contributed by atoms with Crippen molar-refractivity contribution in [3.8, 4) is 0 Å². The third-order valence-electron chi connectivity index (χ3n) is 3.07. The molecule has 2 nitrogen and oxygen atoms in total. The van der Waals surface area contributed by atoms with Gasteiger partial charge in [-0.3, -0.25) is 0 Å². The topological polar surface area (TPSA) is 26.3 Å². The van der Waals surface area contributed by atoms with Crippen LogP contribution in [0.4, 0.5) is 0 Å². The van der Waals surface area contributed by atoms with Crippen molar-refractivity contribution in [3.63, 3.8) is 0 Å². The highest BCUT2D eigenvalue weighted by molar-refractivity contribution is 5.89. The van der Waals surface area contributed by atoms with E-state index in [1.165, 1.54) is 5.56 Å². The summed E-state index contributed by atoms with van der Waals surface area (Å²) in [6.07, 6.45) is 1.09. The monoisotopic (exact) mass is 234 g/mol. The smallest absolute Gasteiger partial charge is 0.338 e. The Morgan fingerprint density at radius 1 is 1.29 bits per heavy atom. The maximum atomic E-state index is 11.7. The second kappa shape index (κ2) is 6.43. The summed E-state index contributed by atoms with van der Waals surface area (Å²) in [4.78, 5) is 11.7. The largest absolute Gasteiger partial charge is 0.462 e. The van der Waals surface area contributed by atoms with Crippen LogP contribution in [0.25, 0.3) is 0 Å². The second-order valence-electron chi connectivity index (χ2n) is 4.60. The van der Waals surface area contributed by atoms with Gasteiger partial charge in [0, 0.05) is 0 Å². The predicted octanol–water partition coefficient (Wildman–Crippen LogP) is 4.01. The lowest BCUT2D eigenvalue weighted by molar-refractivity contribution is 0.0526. The third kappa shape index (κ3) is 3.58. The quantitative estimate of drug-likeness (QED) is 0.719. The van der Waals surface area contributed by atoms with E-state index in [-0.39, 0.29) is 5.97 Å². The van der Waals surface area contributed by atoms with Crippen molar-refractivity contribution < 1.29 is 9.53 Å².